The predicted molar refractivity (Wildman–Crippen MR) is 100 cm³/mol. The zero-order chi connectivity index (χ0) is 19.6. The van der Waals surface area contributed by atoms with Crippen LogP contribution in [0, 0.1) is 0 Å². The third-order valence-corrected chi connectivity index (χ3v) is 5.67. The van der Waals surface area contributed by atoms with E-state index in [2.05, 4.69) is 22.7 Å². The number of aromatic nitrogens is 2. The Morgan fingerprint density at radius 1 is 1.33 bits per heavy atom. The molecule has 2 aliphatic rings. The summed E-state index contributed by atoms with van der Waals surface area (Å²) in [6, 6.07) is 1.69. The average molecular weight is 375 g/mol. The summed E-state index contributed by atoms with van der Waals surface area (Å²) in [5.74, 6) is -0.732. The molecular weight excluding hydrogens is 346 g/mol. The molecule has 27 heavy (non-hydrogen) atoms. The first kappa shape index (κ1) is 19.4. The van der Waals surface area contributed by atoms with Crippen molar-refractivity contribution in [2.75, 3.05) is 13.6 Å². The van der Waals surface area contributed by atoms with Crippen LogP contribution in [0.1, 0.15) is 73.3 Å². The normalized spacial score (nSPS) is 22.6. The van der Waals surface area contributed by atoms with Crippen molar-refractivity contribution in [3.8, 4) is 0 Å². The second kappa shape index (κ2) is 7.70. The number of nitrogens with one attached hydrogen (secondary N) is 2. The van der Waals surface area contributed by atoms with Crippen LogP contribution in [-0.4, -0.2) is 57.6 Å². The smallest absolute Gasteiger partial charge is 0.273 e. The largest absolute Gasteiger partial charge is 0.354 e. The van der Waals surface area contributed by atoms with Gasteiger partial charge in [0, 0.05) is 25.7 Å². The Kier molecular flexibility index (Phi) is 5.53. The second-order valence-electron chi connectivity index (χ2n) is 7.69. The van der Waals surface area contributed by atoms with Gasteiger partial charge in [0.15, 0.2) is 5.69 Å². The molecule has 0 unspecified atom stereocenters. The monoisotopic (exact) mass is 375 g/mol. The van der Waals surface area contributed by atoms with Gasteiger partial charge in [0.05, 0.1) is 6.54 Å². The molecule has 1 fully saturated rings. The molecule has 1 saturated carbocycles. The summed E-state index contributed by atoms with van der Waals surface area (Å²) < 4.78 is 1.50. The number of hydrogen-bond acceptors (Lipinski definition) is 4. The van der Waals surface area contributed by atoms with Gasteiger partial charge in [-0.25, -0.2) is 0 Å². The minimum Gasteiger partial charge on any atom is -0.354 e. The maximum Gasteiger partial charge on any atom is 0.273 e. The van der Waals surface area contributed by atoms with E-state index in [1.54, 1.807) is 11.8 Å². The molecule has 1 aromatic rings. The van der Waals surface area contributed by atoms with Gasteiger partial charge in [0.1, 0.15) is 11.2 Å². The van der Waals surface area contributed by atoms with E-state index < -0.39 is 5.54 Å². The molecule has 1 aliphatic carbocycles. The minimum atomic E-state index is -1.02. The first-order valence-corrected chi connectivity index (χ1v) is 9.83. The van der Waals surface area contributed by atoms with Crippen molar-refractivity contribution < 1.29 is 14.4 Å². The van der Waals surface area contributed by atoms with E-state index in [1.165, 1.54) is 17.8 Å². The molecule has 8 heteroatoms. The Labute approximate surface area is 159 Å². The molecular formula is C19H29N5O3. The van der Waals surface area contributed by atoms with Gasteiger partial charge in [0.2, 0.25) is 5.91 Å². The molecule has 3 rings (SSSR count). The predicted octanol–water partition coefficient (Wildman–Crippen LogP) is 1.32. The zero-order valence-electron chi connectivity index (χ0n) is 16.4. The molecule has 1 atom stereocenters. The lowest BCUT2D eigenvalue weighted by molar-refractivity contribution is -0.133. The first-order valence-electron chi connectivity index (χ1n) is 9.83. The van der Waals surface area contributed by atoms with Gasteiger partial charge in [-0.1, -0.05) is 26.2 Å². The summed E-state index contributed by atoms with van der Waals surface area (Å²) in [5, 5.41) is 9.93. The van der Waals surface area contributed by atoms with Crippen molar-refractivity contribution in [2.24, 2.45) is 0 Å². The summed E-state index contributed by atoms with van der Waals surface area (Å²) in [4.78, 5) is 39.9. The minimum absolute atomic E-state index is 0.138. The molecule has 0 bridgehead atoms. The highest BCUT2D eigenvalue weighted by molar-refractivity contribution is 6.01. The van der Waals surface area contributed by atoms with Crippen LogP contribution in [0.3, 0.4) is 0 Å². The third-order valence-electron chi connectivity index (χ3n) is 5.67. The molecule has 8 nitrogen and oxygen atoms in total. The maximum absolute atomic E-state index is 13.2. The highest BCUT2D eigenvalue weighted by Crippen LogP contribution is 2.29. The van der Waals surface area contributed by atoms with Crippen molar-refractivity contribution in [2.45, 2.75) is 70.5 Å². The standard InChI is InChI=1S/C19H29N5O3/c1-4-5-10-23-17(26)15-11-14(16(25)20-3)22-24(15)12-19(23,2)18(27)21-13-8-6-7-9-13/h11,13H,4-10,12H2,1-3H3,(H,20,25)(H,21,27)/t19-/m0/s1. The van der Waals surface area contributed by atoms with Crippen LogP contribution < -0.4 is 10.6 Å². The van der Waals surface area contributed by atoms with Crippen LogP contribution in [0.5, 0.6) is 0 Å². The van der Waals surface area contributed by atoms with Crippen molar-refractivity contribution in [1.82, 2.24) is 25.3 Å². The van der Waals surface area contributed by atoms with E-state index in [0.717, 1.165) is 38.5 Å². The molecule has 1 aromatic heterocycles. The Hall–Kier alpha value is -2.38. The van der Waals surface area contributed by atoms with Crippen molar-refractivity contribution >= 4 is 17.7 Å². The van der Waals surface area contributed by atoms with Gasteiger partial charge in [-0.3, -0.25) is 19.1 Å². The molecule has 2 N–H and O–H groups in total. The maximum atomic E-state index is 13.2. The molecule has 2 heterocycles. The number of carbonyl (C=O) groups is 3. The van der Waals surface area contributed by atoms with Crippen molar-refractivity contribution in [3.63, 3.8) is 0 Å². The SMILES string of the molecule is CCCCN1C(=O)c2cc(C(=O)NC)nn2C[C@@]1(C)C(=O)NC1CCCC1. The fraction of sp³-hybridized carbons (Fsp3) is 0.684. The Bertz CT molecular complexity index is 738. The topological polar surface area (TPSA) is 96.3 Å². The molecule has 148 valence electrons. The number of fused-ring (bicyclic) bond motifs is 1. The lowest BCUT2D eigenvalue weighted by Gasteiger charge is -2.43. The molecule has 0 aromatic carbocycles. The van der Waals surface area contributed by atoms with Crippen molar-refractivity contribution in [1.29, 1.82) is 0 Å². The molecule has 1 aliphatic heterocycles. The Morgan fingerprint density at radius 3 is 2.67 bits per heavy atom. The highest BCUT2D eigenvalue weighted by Gasteiger charge is 2.48. The first-order chi connectivity index (χ1) is 12.9. The lowest BCUT2D eigenvalue weighted by atomic mass is 9.94. The van der Waals surface area contributed by atoms with Crippen LogP contribution in [0.25, 0.3) is 0 Å². The van der Waals surface area contributed by atoms with E-state index >= 15 is 0 Å². The lowest BCUT2D eigenvalue weighted by Crippen LogP contribution is -2.65. The summed E-state index contributed by atoms with van der Waals surface area (Å²) in [6.07, 6.45) is 5.95. The van der Waals surface area contributed by atoms with Gasteiger partial charge in [0.25, 0.3) is 11.8 Å². The molecule has 0 spiro atoms. The number of hydrogen-bond donors (Lipinski definition) is 2. The van der Waals surface area contributed by atoms with E-state index in [4.69, 9.17) is 0 Å². The molecule has 3 amide bonds. The highest BCUT2D eigenvalue weighted by atomic mass is 16.2. The van der Waals surface area contributed by atoms with Gasteiger partial charge < -0.3 is 15.5 Å². The summed E-state index contributed by atoms with van der Waals surface area (Å²) >= 11 is 0. The number of nitrogens with zero attached hydrogens (tertiary/aromatic N) is 3. The molecule has 0 saturated heterocycles. The van der Waals surface area contributed by atoms with Gasteiger partial charge in [-0.05, 0) is 26.2 Å². The summed E-state index contributed by atoms with van der Waals surface area (Å²) in [6.45, 7) is 4.60. The van der Waals surface area contributed by atoms with Gasteiger partial charge in [-0.2, -0.15) is 5.10 Å². The van der Waals surface area contributed by atoms with Gasteiger partial charge >= 0.3 is 0 Å². The number of unbranched alkanes of at least 4 members (excludes halogenated alkanes) is 1. The van der Waals surface area contributed by atoms with E-state index in [-0.39, 0.29) is 36.0 Å². The van der Waals surface area contributed by atoms with Crippen LogP contribution in [0.15, 0.2) is 6.07 Å². The van der Waals surface area contributed by atoms with E-state index in [9.17, 15) is 14.4 Å². The van der Waals surface area contributed by atoms with Crippen LogP contribution >= 0.6 is 0 Å². The molecule has 0 radical (unpaired) electrons. The number of carbonyl (C=O) groups excluding carboxylic acids is 3. The number of amides is 3. The van der Waals surface area contributed by atoms with Crippen LogP contribution in [0.2, 0.25) is 0 Å². The summed E-state index contributed by atoms with van der Waals surface area (Å²) in [5.41, 5.74) is -0.471. The van der Waals surface area contributed by atoms with Crippen LogP contribution in [-0.2, 0) is 11.3 Å². The third kappa shape index (κ3) is 3.57. The quantitative estimate of drug-likeness (QED) is 0.784. The van der Waals surface area contributed by atoms with Gasteiger partial charge in [-0.15, -0.1) is 0 Å². The van der Waals surface area contributed by atoms with Crippen LogP contribution in [0.4, 0.5) is 0 Å². The average Bonchev–Trinajstić information content (AvgIpc) is 3.30. The Morgan fingerprint density at radius 2 is 2.04 bits per heavy atom. The second-order valence-corrected chi connectivity index (χ2v) is 7.69. The van der Waals surface area contributed by atoms with Crippen molar-refractivity contribution in [3.05, 3.63) is 17.5 Å². The van der Waals surface area contributed by atoms with E-state index in [1.807, 2.05) is 0 Å². The number of rotatable bonds is 6. The zero-order valence-corrected chi connectivity index (χ0v) is 16.4. The Balaban J connectivity index is 1.92. The fourth-order valence-electron chi connectivity index (χ4n) is 3.96. The summed E-state index contributed by atoms with van der Waals surface area (Å²) in [7, 11) is 1.52. The van der Waals surface area contributed by atoms with E-state index in [0.29, 0.717) is 12.2 Å². The fourth-order valence-corrected chi connectivity index (χ4v) is 3.96.